The summed E-state index contributed by atoms with van der Waals surface area (Å²) in [6.07, 6.45) is 11.6. The summed E-state index contributed by atoms with van der Waals surface area (Å²) in [7, 11) is 0. The molecule has 0 unspecified atom stereocenters. The number of hydrogen-bond acceptors (Lipinski definition) is 6. The van der Waals surface area contributed by atoms with Crippen LogP contribution in [0.1, 0.15) is 59.3 Å². The molecule has 5 heterocycles. The molecule has 1 atom stereocenters. The molecule has 0 saturated heterocycles. The van der Waals surface area contributed by atoms with Crippen molar-refractivity contribution in [3.63, 3.8) is 0 Å². The van der Waals surface area contributed by atoms with Crippen molar-refractivity contribution in [3.05, 3.63) is 71.7 Å². The van der Waals surface area contributed by atoms with Crippen LogP contribution >= 0.6 is 0 Å². The molecule has 33 heavy (non-hydrogen) atoms. The number of anilines is 1. The predicted octanol–water partition coefficient (Wildman–Crippen LogP) is 2.81. The first kappa shape index (κ1) is 19.8. The fourth-order valence-corrected chi connectivity index (χ4v) is 4.87. The van der Waals surface area contributed by atoms with Crippen LogP contribution in [0.5, 0.6) is 0 Å². The van der Waals surface area contributed by atoms with Gasteiger partial charge >= 0.3 is 0 Å². The number of rotatable bonds is 4. The van der Waals surface area contributed by atoms with Crippen LogP contribution in [-0.4, -0.2) is 48.0 Å². The average Bonchev–Trinajstić information content (AvgIpc) is 3.59. The standard InChI is InChI=1S/C23H23FN8O/c24-15-6-3-8-32-19(15)10-17(30-32)22-21-16(27-13-28-21)7-9-31(22)20-12-25-18(11-26-20)23(33)29-14-4-1-2-5-14/h3,6,8,10-14,22H,1-2,4-5,7,9H2,(H,27,28)(H,29,33)/t22-/m1/s1. The molecule has 1 amide bonds. The van der Waals surface area contributed by atoms with Gasteiger partial charge in [0.1, 0.15) is 28.9 Å². The molecule has 1 aliphatic carbocycles. The Morgan fingerprint density at radius 1 is 1.18 bits per heavy atom. The number of carbonyl (C=O) groups excluding carboxylic acids is 1. The normalized spacial score (nSPS) is 18.6. The lowest BCUT2D eigenvalue weighted by Gasteiger charge is -2.34. The smallest absolute Gasteiger partial charge is 0.271 e. The molecule has 10 heteroatoms. The number of carbonyl (C=O) groups is 1. The number of imidazole rings is 1. The van der Waals surface area contributed by atoms with Crippen molar-refractivity contribution < 1.29 is 9.18 Å². The third-order valence-corrected chi connectivity index (χ3v) is 6.53. The number of fused-ring (bicyclic) bond motifs is 2. The predicted molar refractivity (Wildman–Crippen MR) is 118 cm³/mol. The maximum absolute atomic E-state index is 14.3. The minimum absolute atomic E-state index is 0.193. The minimum Gasteiger partial charge on any atom is -0.348 e. The second-order valence-electron chi connectivity index (χ2n) is 8.58. The number of aromatic amines is 1. The molecule has 1 saturated carbocycles. The van der Waals surface area contributed by atoms with Gasteiger partial charge in [0.25, 0.3) is 5.91 Å². The zero-order valence-electron chi connectivity index (χ0n) is 17.9. The summed E-state index contributed by atoms with van der Waals surface area (Å²) >= 11 is 0. The zero-order chi connectivity index (χ0) is 22.4. The lowest BCUT2D eigenvalue weighted by Crippen LogP contribution is -2.37. The highest BCUT2D eigenvalue weighted by Gasteiger charge is 2.34. The second-order valence-corrected chi connectivity index (χ2v) is 8.58. The molecule has 1 aliphatic heterocycles. The molecule has 4 aromatic rings. The fourth-order valence-electron chi connectivity index (χ4n) is 4.87. The fraction of sp³-hybridized carbons (Fsp3) is 0.348. The van der Waals surface area contributed by atoms with E-state index in [1.807, 2.05) is 0 Å². The van der Waals surface area contributed by atoms with E-state index in [-0.39, 0.29) is 23.8 Å². The number of pyridine rings is 1. The molecule has 0 spiro atoms. The molecule has 2 N–H and O–H groups in total. The van der Waals surface area contributed by atoms with Gasteiger partial charge in [0, 0.05) is 30.9 Å². The number of hydrogen-bond donors (Lipinski definition) is 2. The van der Waals surface area contributed by atoms with Gasteiger partial charge < -0.3 is 15.2 Å². The number of H-pyrrole nitrogens is 1. The third kappa shape index (κ3) is 3.51. The molecule has 168 valence electrons. The first-order valence-corrected chi connectivity index (χ1v) is 11.2. The summed E-state index contributed by atoms with van der Waals surface area (Å²) in [6, 6.07) is 4.65. The van der Waals surface area contributed by atoms with E-state index < -0.39 is 0 Å². The van der Waals surface area contributed by atoms with Crippen molar-refractivity contribution >= 4 is 17.2 Å². The Morgan fingerprint density at radius 2 is 2.06 bits per heavy atom. The van der Waals surface area contributed by atoms with Crippen LogP contribution in [0.15, 0.2) is 43.1 Å². The van der Waals surface area contributed by atoms with E-state index in [2.05, 4.69) is 35.3 Å². The highest BCUT2D eigenvalue weighted by Crippen LogP contribution is 2.35. The van der Waals surface area contributed by atoms with E-state index in [9.17, 15) is 9.18 Å². The number of aromatic nitrogens is 6. The number of amides is 1. The summed E-state index contributed by atoms with van der Waals surface area (Å²) in [4.78, 5) is 31.3. The van der Waals surface area contributed by atoms with Gasteiger partial charge in [-0.15, -0.1) is 0 Å². The lowest BCUT2D eigenvalue weighted by molar-refractivity contribution is 0.0932. The Kier molecular flexibility index (Phi) is 4.78. The minimum atomic E-state index is -0.355. The molecule has 9 nitrogen and oxygen atoms in total. The van der Waals surface area contributed by atoms with Crippen molar-refractivity contribution in [3.8, 4) is 0 Å². The van der Waals surface area contributed by atoms with E-state index >= 15 is 0 Å². The number of nitrogens with zero attached hydrogens (tertiary/aromatic N) is 6. The topological polar surface area (TPSA) is 104 Å². The Morgan fingerprint density at radius 3 is 2.85 bits per heavy atom. The Bertz CT molecular complexity index is 1310. The zero-order valence-corrected chi connectivity index (χ0v) is 17.9. The summed E-state index contributed by atoms with van der Waals surface area (Å²) in [5, 5.41) is 7.66. The lowest BCUT2D eigenvalue weighted by atomic mass is 10.00. The van der Waals surface area contributed by atoms with Crippen LogP contribution in [0.3, 0.4) is 0 Å². The van der Waals surface area contributed by atoms with Gasteiger partial charge in [0.05, 0.1) is 30.1 Å². The van der Waals surface area contributed by atoms with Gasteiger partial charge in [-0.1, -0.05) is 12.8 Å². The Balaban J connectivity index is 1.33. The van der Waals surface area contributed by atoms with Gasteiger partial charge in [0.2, 0.25) is 0 Å². The van der Waals surface area contributed by atoms with Crippen LogP contribution in [0.25, 0.3) is 5.52 Å². The summed E-state index contributed by atoms with van der Waals surface area (Å²) in [5.74, 6) is 0.0865. The van der Waals surface area contributed by atoms with Crippen LogP contribution < -0.4 is 10.2 Å². The van der Waals surface area contributed by atoms with Crippen molar-refractivity contribution in [1.29, 1.82) is 0 Å². The van der Waals surface area contributed by atoms with E-state index in [1.54, 1.807) is 30.9 Å². The van der Waals surface area contributed by atoms with Gasteiger partial charge in [-0.25, -0.2) is 23.9 Å². The first-order valence-electron chi connectivity index (χ1n) is 11.2. The Hall–Kier alpha value is -3.82. The van der Waals surface area contributed by atoms with Crippen LogP contribution in [0, 0.1) is 5.82 Å². The highest BCUT2D eigenvalue weighted by atomic mass is 19.1. The Labute approximate surface area is 189 Å². The summed E-state index contributed by atoms with van der Waals surface area (Å²) in [6.45, 7) is 0.651. The van der Waals surface area contributed by atoms with E-state index in [0.29, 0.717) is 29.3 Å². The van der Waals surface area contributed by atoms with Gasteiger partial charge in [-0.2, -0.15) is 5.10 Å². The van der Waals surface area contributed by atoms with E-state index in [4.69, 9.17) is 0 Å². The van der Waals surface area contributed by atoms with Crippen molar-refractivity contribution in [1.82, 2.24) is 34.9 Å². The van der Waals surface area contributed by atoms with Crippen molar-refractivity contribution in [2.24, 2.45) is 0 Å². The van der Waals surface area contributed by atoms with Crippen molar-refractivity contribution in [2.45, 2.75) is 44.2 Å². The maximum Gasteiger partial charge on any atom is 0.271 e. The summed E-state index contributed by atoms with van der Waals surface area (Å²) in [5.41, 5.74) is 3.22. The van der Waals surface area contributed by atoms with Crippen LogP contribution in [-0.2, 0) is 6.42 Å². The van der Waals surface area contributed by atoms with E-state index in [0.717, 1.165) is 43.5 Å². The molecule has 4 aromatic heterocycles. The maximum atomic E-state index is 14.3. The first-order chi connectivity index (χ1) is 16.2. The van der Waals surface area contributed by atoms with Crippen molar-refractivity contribution in [2.75, 3.05) is 11.4 Å². The van der Waals surface area contributed by atoms with Gasteiger partial charge in [0.15, 0.2) is 0 Å². The highest BCUT2D eigenvalue weighted by molar-refractivity contribution is 5.92. The van der Waals surface area contributed by atoms with Gasteiger partial charge in [-0.05, 0) is 31.0 Å². The second kappa shape index (κ2) is 7.95. The third-order valence-electron chi connectivity index (χ3n) is 6.53. The summed E-state index contributed by atoms with van der Waals surface area (Å²) < 4.78 is 15.9. The molecule has 0 radical (unpaired) electrons. The average molecular weight is 446 g/mol. The largest absolute Gasteiger partial charge is 0.348 e. The number of nitrogens with one attached hydrogen (secondary N) is 2. The SMILES string of the molecule is O=C(NC1CCCC1)c1cnc(N2CCc3[nH]cnc3[C@H]2c2cc3c(F)cccn3n2)cn1. The molecular weight excluding hydrogens is 423 g/mol. The number of halogens is 1. The monoisotopic (exact) mass is 446 g/mol. The molecule has 1 fully saturated rings. The quantitative estimate of drug-likeness (QED) is 0.500. The van der Waals surface area contributed by atoms with E-state index in [1.165, 1.54) is 16.8 Å². The molecule has 2 aliphatic rings. The van der Waals surface area contributed by atoms with Crippen LogP contribution in [0.4, 0.5) is 10.2 Å². The van der Waals surface area contributed by atoms with Crippen LogP contribution in [0.2, 0.25) is 0 Å². The van der Waals surface area contributed by atoms with Gasteiger partial charge in [-0.3, -0.25) is 4.79 Å². The molecular formula is C23H23FN8O. The molecule has 6 rings (SSSR count). The molecule has 0 bridgehead atoms. The molecule has 0 aromatic carbocycles.